The maximum atomic E-state index is 9.68. The maximum Gasteiger partial charge on any atom is 0.138 e. The predicted molar refractivity (Wildman–Crippen MR) is 77.1 cm³/mol. The van der Waals surface area contributed by atoms with Crippen LogP contribution >= 0.6 is 22.6 Å². The lowest BCUT2D eigenvalue weighted by atomic mass is 10.2. The van der Waals surface area contributed by atoms with Crippen molar-refractivity contribution in [1.82, 2.24) is 4.98 Å². The molecule has 0 aliphatic carbocycles. The lowest BCUT2D eigenvalue weighted by Crippen LogP contribution is -2.03. The largest absolute Gasteiger partial charge is 0.506 e. The number of benzene rings is 1. The van der Waals surface area contributed by atoms with Crippen LogP contribution in [0, 0.1) is 10.5 Å². The van der Waals surface area contributed by atoms with Crippen LogP contribution in [0.15, 0.2) is 36.4 Å². The number of pyridine rings is 1. The Labute approximate surface area is 114 Å². The lowest BCUT2D eigenvalue weighted by molar-refractivity contribution is 0.464. The van der Waals surface area contributed by atoms with Gasteiger partial charge in [-0.05, 0) is 53.8 Å². The molecule has 0 saturated heterocycles. The second-order valence-corrected chi connectivity index (χ2v) is 4.91. The molecule has 17 heavy (non-hydrogen) atoms. The smallest absolute Gasteiger partial charge is 0.138 e. The van der Waals surface area contributed by atoms with Gasteiger partial charge in [-0.1, -0.05) is 12.1 Å². The van der Waals surface area contributed by atoms with E-state index in [1.165, 1.54) is 0 Å². The van der Waals surface area contributed by atoms with Crippen molar-refractivity contribution >= 4 is 28.3 Å². The third-order valence-electron chi connectivity index (χ3n) is 2.41. The molecule has 2 aromatic rings. The summed E-state index contributed by atoms with van der Waals surface area (Å²) < 4.78 is 1.15. The minimum atomic E-state index is 0.231. The Bertz CT molecular complexity index is 529. The van der Waals surface area contributed by atoms with Crippen molar-refractivity contribution in [3.63, 3.8) is 0 Å². The summed E-state index contributed by atoms with van der Waals surface area (Å²) in [6.45, 7) is 2.43. The van der Waals surface area contributed by atoms with E-state index < -0.39 is 0 Å². The lowest BCUT2D eigenvalue weighted by Gasteiger charge is -2.09. The molecule has 1 heterocycles. The van der Waals surface area contributed by atoms with Crippen LogP contribution in [0.2, 0.25) is 0 Å². The van der Waals surface area contributed by atoms with Gasteiger partial charge in [0.15, 0.2) is 0 Å². The molecule has 2 N–H and O–H groups in total. The molecule has 0 aliphatic rings. The molecule has 0 unspecified atom stereocenters. The third kappa shape index (κ3) is 3.09. The zero-order chi connectivity index (χ0) is 12.3. The number of halogens is 1. The summed E-state index contributed by atoms with van der Waals surface area (Å²) in [6.07, 6.45) is 0. The quantitative estimate of drug-likeness (QED) is 0.843. The Balaban J connectivity index is 2.12. The van der Waals surface area contributed by atoms with Gasteiger partial charge in [-0.15, -0.1) is 0 Å². The first-order chi connectivity index (χ1) is 8.16. The Kier molecular flexibility index (Phi) is 3.83. The number of hydrogen-bond donors (Lipinski definition) is 2. The predicted octanol–water partition coefficient (Wildman–Crippen LogP) is 3.31. The highest BCUT2D eigenvalue weighted by Gasteiger charge is 2.04. The number of para-hydroxylation sites is 1. The van der Waals surface area contributed by atoms with Crippen LogP contribution in [-0.4, -0.2) is 10.1 Å². The van der Waals surface area contributed by atoms with E-state index in [0.29, 0.717) is 12.2 Å². The number of anilines is 1. The Hall–Kier alpha value is -1.30. The first-order valence-electron chi connectivity index (χ1n) is 5.30. The molecular weight excluding hydrogens is 327 g/mol. The van der Waals surface area contributed by atoms with Crippen LogP contribution in [0.4, 0.5) is 5.69 Å². The van der Waals surface area contributed by atoms with E-state index >= 15 is 0 Å². The van der Waals surface area contributed by atoms with Gasteiger partial charge in [-0.3, -0.25) is 4.98 Å². The average molecular weight is 340 g/mol. The average Bonchev–Trinajstić information content (AvgIpc) is 2.32. The summed E-state index contributed by atoms with van der Waals surface area (Å²) >= 11 is 2.27. The molecule has 0 fully saturated rings. The van der Waals surface area contributed by atoms with Gasteiger partial charge >= 0.3 is 0 Å². The zero-order valence-electron chi connectivity index (χ0n) is 9.44. The van der Waals surface area contributed by atoms with Crippen molar-refractivity contribution < 1.29 is 5.11 Å². The van der Waals surface area contributed by atoms with Gasteiger partial charge in [-0.25, -0.2) is 0 Å². The van der Waals surface area contributed by atoms with Crippen LogP contribution < -0.4 is 5.32 Å². The number of aromatic hydroxyl groups is 1. The monoisotopic (exact) mass is 340 g/mol. The van der Waals surface area contributed by atoms with Gasteiger partial charge in [-0.2, -0.15) is 0 Å². The van der Waals surface area contributed by atoms with E-state index in [1.807, 2.05) is 31.2 Å². The number of rotatable bonds is 3. The highest BCUT2D eigenvalue weighted by Crippen LogP contribution is 2.20. The molecule has 0 atom stereocenters. The highest BCUT2D eigenvalue weighted by molar-refractivity contribution is 14.1. The molecule has 0 amide bonds. The second-order valence-electron chi connectivity index (χ2n) is 3.75. The molecule has 0 aliphatic heterocycles. The Morgan fingerprint density at radius 1 is 1.24 bits per heavy atom. The topological polar surface area (TPSA) is 45.1 Å². The summed E-state index contributed by atoms with van der Waals surface area (Å²) in [7, 11) is 0. The molecule has 3 nitrogen and oxygen atoms in total. The van der Waals surface area contributed by atoms with Gasteiger partial charge in [0.25, 0.3) is 0 Å². The normalized spacial score (nSPS) is 10.2. The maximum absolute atomic E-state index is 9.68. The summed E-state index contributed by atoms with van der Waals surface area (Å²) in [5.41, 5.74) is 2.63. The minimum Gasteiger partial charge on any atom is -0.506 e. The molecule has 0 bridgehead atoms. The van der Waals surface area contributed by atoms with Crippen LogP contribution in [0.3, 0.4) is 0 Å². The second kappa shape index (κ2) is 5.35. The fraction of sp³-hybridized carbons (Fsp3) is 0.154. The Morgan fingerprint density at radius 3 is 2.76 bits per heavy atom. The van der Waals surface area contributed by atoms with Gasteiger partial charge in [0.05, 0.1) is 6.54 Å². The number of nitrogens with one attached hydrogen (secondary N) is 1. The molecule has 2 rings (SSSR count). The van der Waals surface area contributed by atoms with E-state index in [2.05, 4.69) is 32.9 Å². The highest BCUT2D eigenvalue weighted by atomic mass is 127. The molecule has 0 saturated carbocycles. The van der Waals surface area contributed by atoms with Crippen molar-refractivity contribution in [2.24, 2.45) is 0 Å². The minimum absolute atomic E-state index is 0.231. The zero-order valence-corrected chi connectivity index (χ0v) is 11.6. The summed E-state index contributed by atoms with van der Waals surface area (Å²) in [5.74, 6) is 0.231. The number of nitrogens with zero attached hydrogens (tertiary/aromatic N) is 1. The van der Waals surface area contributed by atoms with Crippen molar-refractivity contribution in [1.29, 1.82) is 0 Å². The Morgan fingerprint density at radius 2 is 2.00 bits per heavy atom. The summed E-state index contributed by atoms with van der Waals surface area (Å²) in [5, 5.41) is 12.9. The first-order valence-corrected chi connectivity index (χ1v) is 6.38. The fourth-order valence-corrected chi connectivity index (χ4v) is 2.09. The van der Waals surface area contributed by atoms with Gasteiger partial charge in [0.1, 0.15) is 11.4 Å². The van der Waals surface area contributed by atoms with E-state index in [4.69, 9.17) is 0 Å². The SMILES string of the molecule is Cc1ccc(O)c(CNc2ccccc2I)n1. The van der Waals surface area contributed by atoms with Gasteiger partial charge in [0, 0.05) is 15.0 Å². The van der Waals surface area contributed by atoms with Gasteiger partial charge < -0.3 is 10.4 Å². The molecule has 1 aromatic carbocycles. The first kappa shape index (κ1) is 12.2. The summed E-state index contributed by atoms with van der Waals surface area (Å²) in [4.78, 5) is 4.30. The molecule has 0 spiro atoms. The van der Waals surface area contributed by atoms with Crippen molar-refractivity contribution in [2.75, 3.05) is 5.32 Å². The molecule has 1 aromatic heterocycles. The molecule has 0 radical (unpaired) electrons. The molecule has 4 heteroatoms. The van der Waals surface area contributed by atoms with Crippen LogP contribution in [0.5, 0.6) is 5.75 Å². The number of aromatic nitrogens is 1. The van der Waals surface area contributed by atoms with Crippen molar-refractivity contribution in [3.8, 4) is 5.75 Å². The third-order valence-corrected chi connectivity index (χ3v) is 3.35. The van der Waals surface area contributed by atoms with E-state index in [1.54, 1.807) is 12.1 Å². The standard InChI is InChI=1S/C13H13IN2O/c1-9-6-7-13(17)12(16-9)8-15-11-5-3-2-4-10(11)14/h2-7,15,17H,8H2,1H3. The van der Waals surface area contributed by atoms with Crippen molar-refractivity contribution in [3.05, 3.63) is 51.4 Å². The summed E-state index contributed by atoms with van der Waals surface area (Å²) in [6, 6.07) is 11.5. The fourth-order valence-electron chi connectivity index (χ4n) is 1.52. The van der Waals surface area contributed by atoms with Crippen LogP contribution in [0.25, 0.3) is 0 Å². The van der Waals surface area contributed by atoms with Crippen LogP contribution in [0.1, 0.15) is 11.4 Å². The number of hydrogen-bond acceptors (Lipinski definition) is 3. The molecule has 88 valence electrons. The van der Waals surface area contributed by atoms with E-state index in [0.717, 1.165) is 15.0 Å². The van der Waals surface area contributed by atoms with E-state index in [-0.39, 0.29) is 5.75 Å². The number of aryl methyl sites for hydroxylation is 1. The van der Waals surface area contributed by atoms with Crippen molar-refractivity contribution in [2.45, 2.75) is 13.5 Å². The molecular formula is C13H13IN2O. The van der Waals surface area contributed by atoms with Crippen LogP contribution in [-0.2, 0) is 6.54 Å². The van der Waals surface area contributed by atoms with Gasteiger partial charge in [0.2, 0.25) is 0 Å². The van der Waals surface area contributed by atoms with E-state index in [9.17, 15) is 5.11 Å².